The lowest BCUT2D eigenvalue weighted by Gasteiger charge is -2.16. The van der Waals surface area contributed by atoms with Crippen molar-refractivity contribution in [1.82, 2.24) is 56.4 Å². The molecule has 70 heavy (non-hydrogen) atoms. The van der Waals surface area contributed by atoms with Gasteiger partial charge < -0.3 is 37.4 Å². The van der Waals surface area contributed by atoms with Gasteiger partial charge in [0.25, 0.3) is 11.5 Å². The molecule has 0 fully saturated rings. The molecule has 0 bridgehead atoms. The van der Waals surface area contributed by atoms with Gasteiger partial charge in [-0.25, -0.2) is 30.0 Å². The van der Waals surface area contributed by atoms with Crippen LogP contribution < -0.4 is 37.9 Å². The number of benzene rings is 1. The third-order valence-corrected chi connectivity index (χ3v) is 10.5. The first kappa shape index (κ1) is 57.0. The number of nitrogen functional groups attached to an aromatic ring is 1. The van der Waals surface area contributed by atoms with E-state index in [0.717, 1.165) is 0 Å². The Bertz CT molecular complexity index is 2280. The number of carboxylic acid groups (broad SMARTS) is 1. The fourth-order valence-electron chi connectivity index (χ4n) is 6.51. The summed E-state index contributed by atoms with van der Waals surface area (Å²) in [6.07, 6.45) is 5.46. The summed E-state index contributed by atoms with van der Waals surface area (Å²) in [5.41, 5.74) is 6.38. The zero-order valence-electron chi connectivity index (χ0n) is 39.2. The minimum atomic E-state index is -1.33. The van der Waals surface area contributed by atoms with Crippen LogP contribution >= 0.6 is 0 Å². The maximum absolute atomic E-state index is 12.8. The molecule has 0 aliphatic carbocycles. The van der Waals surface area contributed by atoms with E-state index in [0.29, 0.717) is 97.4 Å². The first-order valence-corrected chi connectivity index (χ1v) is 23.1. The van der Waals surface area contributed by atoms with Crippen LogP contribution in [0.2, 0.25) is 0 Å². The van der Waals surface area contributed by atoms with Crippen molar-refractivity contribution in [1.29, 1.82) is 0 Å². The van der Waals surface area contributed by atoms with E-state index in [2.05, 4.69) is 46.5 Å². The van der Waals surface area contributed by atoms with Gasteiger partial charge in [0.2, 0.25) is 41.4 Å². The van der Waals surface area contributed by atoms with Crippen molar-refractivity contribution in [3.63, 3.8) is 0 Å². The van der Waals surface area contributed by atoms with Gasteiger partial charge in [0.05, 0.1) is 18.4 Å². The molecule has 2 aromatic heterocycles. The standard InChI is InChI=1S/C44H65N13O13/c1-29(58)55(68)24-8-2-5-22-47-35(60)17-19-37(62)57(70)26-10-4-7-23-48-36(61)18-20-38(63)56(69)25-9-3-6-21-46-34(59)16-15-33(43(66)67)52-41(64)30-11-13-31(14-12-30)49-27-32-28-50-40-39(51-32)42(65)54-44(45)53-40/h11-14,28,33,49,68-70H,2-10,15-27H2,1H3,(H,46,59)(H,47,60)(H,48,61)(H,52,64)(H,66,67)(H3,45,50,53,54,65)/t33-/m0/s1. The third-order valence-electron chi connectivity index (χ3n) is 10.5. The Hall–Kier alpha value is -7.32. The number of carboxylic acids is 1. The second-order valence-electron chi connectivity index (χ2n) is 16.2. The number of anilines is 2. The van der Waals surface area contributed by atoms with Crippen LogP contribution in [0.1, 0.15) is 119 Å². The van der Waals surface area contributed by atoms with Crippen molar-refractivity contribution in [2.45, 2.75) is 116 Å². The number of unbranched alkanes of at least 4 members (excludes halogenated alkanes) is 6. The largest absolute Gasteiger partial charge is 0.480 e. The summed E-state index contributed by atoms with van der Waals surface area (Å²) in [5, 5.41) is 54.4. The summed E-state index contributed by atoms with van der Waals surface area (Å²) in [6.45, 7) is 2.68. The third kappa shape index (κ3) is 22.2. The molecule has 26 nitrogen and oxygen atoms in total. The van der Waals surface area contributed by atoms with E-state index in [4.69, 9.17) is 5.73 Å². The monoisotopic (exact) mass is 983 g/mol. The lowest BCUT2D eigenvalue weighted by Crippen LogP contribution is -2.41. The fourth-order valence-corrected chi connectivity index (χ4v) is 6.51. The number of carbonyl (C=O) groups is 8. The van der Waals surface area contributed by atoms with E-state index in [1.165, 1.54) is 25.3 Å². The molecule has 0 aliphatic rings. The van der Waals surface area contributed by atoms with Crippen LogP contribution in [-0.4, -0.2) is 148 Å². The van der Waals surface area contributed by atoms with Gasteiger partial charge in [-0.1, -0.05) is 0 Å². The number of carbonyl (C=O) groups excluding carboxylic acids is 7. The molecule has 1 atom stereocenters. The van der Waals surface area contributed by atoms with Gasteiger partial charge in [0.15, 0.2) is 11.2 Å². The number of aliphatic carboxylic acids is 1. The minimum absolute atomic E-state index is 0.0142. The molecule has 384 valence electrons. The fraction of sp³-hybridized carbons (Fsp3) is 0.545. The zero-order valence-corrected chi connectivity index (χ0v) is 39.2. The molecule has 0 saturated heterocycles. The quantitative estimate of drug-likeness (QED) is 0.0230. The Morgan fingerprint density at radius 1 is 0.671 bits per heavy atom. The molecule has 1 aromatic carbocycles. The summed E-state index contributed by atoms with van der Waals surface area (Å²) < 4.78 is 0. The van der Waals surface area contributed by atoms with Crippen LogP contribution in [0, 0.1) is 0 Å². The first-order chi connectivity index (χ1) is 33.4. The van der Waals surface area contributed by atoms with Crippen molar-refractivity contribution in [2.24, 2.45) is 0 Å². The maximum atomic E-state index is 12.8. The van der Waals surface area contributed by atoms with Crippen LogP contribution in [0.5, 0.6) is 0 Å². The number of amides is 7. The van der Waals surface area contributed by atoms with E-state index >= 15 is 0 Å². The van der Waals surface area contributed by atoms with E-state index in [-0.39, 0.29) is 106 Å². The van der Waals surface area contributed by atoms with Crippen molar-refractivity contribution in [2.75, 3.05) is 50.3 Å². The molecule has 2 heterocycles. The van der Waals surface area contributed by atoms with Crippen LogP contribution in [-0.2, 0) is 40.1 Å². The second-order valence-corrected chi connectivity index (χ2v) is 16.2. The number of hydrogen-bond acceptors (Lipinski definition) is 17. The predicted octanol–water partition coefficient (Wildman–Crippen LogP) is 0.964. The van der Waals surface area contributed by atoms with Crippen LogP contribution in [0.25, 0.3) is 11.2 Å². The second kappa shape index (κ2) is 30.9. The topological polar surface area (TPSA) is 385 Å². The van der Waals surface area contributed by atoms with E-state index in [1.807, 2.05) is 0 Å². The van der Waals surface area contributed by atoms with Crippen molar-refractivity contribution >= 4 is 70.1 Å². The molecule has 0 unspecified atom stereocenters. The van der Waals surface area contributed by atoms with Crippen molar-refractivity contribution in [3.8, 4) is 0 Å². The molecule has 7 amide bonds. The molecule has 3 rings (SSSR count). The maximum Gasteiger partial charge on any atom is 0.326 e. The number of aromatic amines is 1. The summed E-state index contributed by atoms with van der Waals surface area (Å²) in [7, 11) is 0. The smallest absolute Gasteiger partial charge is 0.326 e. The summed E-state index contributed by atoms with van der Waals surface area (Å²) in [5.74, 6) is -4.83. The zero-order chi connectivity index (χ0) is 51.4. The average molecular weight is 984 g/mol. The van der Waals surface area contributed by atoms with Gasteiger partial charge in [0.1, 0.15) is 6.04 Å². The Morgan fingerprint density at radius 3 is 1.67 bits per heavy atom. The number of nitrogens with zero attached hydrogens (tertiary/aromatic N) is 6. The SMILES string of the molecule is CC(=O)N(O)CCCCCNC(=O)CCC(=O)N(O)CCCCCNC(=O)CCC(=O)N(O)CCCCCNC(=O)CC[C@H](NC(=O)c1ccc(NCc2cnc3nc(N)[nH]c(=O)c3n2)cc1)C(=O)O. The van der Waals surface area contributed by atoms with Gasteiger partial charge >= 0.3 is 5.97 Å². The number of fused-ring (bicyclic) bond motifs is 1. The summed E-state index contributed by atoms with van der Waals surface area (Å²) in [4.78, 5) is 123. The lowest BCUT2D eigenvalue weighted by molar-refractivity contribution is -0.166. The van der Waals surface area contributed by atoms with Gasteiger partial charge in [-0.3, -0.25) is 59.0 Å². The number of nitrogens with two attached hydrogens (primary N) is 1. The normalized spacial score (nSPS) is 11.3. The van der Waals surface area contributed by atoms with Gasteiger partial charge in [-0.15, -0.1) is 0 Å². The number of rotatable bonds is 33. The number of nitrogens with one attached hydrogen (secondary N) is 6. The van der Waals surface area contributed by atoms with E-state index < -0.39 is 47.1 Å². The van der Waals surface area contributed by atoms with E-state index in [1.54, 1.807) is 12.1 Å². The molecule has 12 N–H and O–H groups in total. The predicted molar refractivity (Wildman–Crippen MR) is 249 cm³/mol. The van der Waals surface area contributed by atoms with Gasteiger partial charge in [-0.05, 0) is 88.5 Å². The van der Waals surface area contributed by atoms with Crippen molar-refractivity contribution < 1.29 is 59.1 Å². The lowest BCUT2D eigenvalue weighted by atomic mass is 10.1. The number of H-pyrrole nitrogens is 1. The summed E-state index contributed by atoms with van der Waals surface area (Å²) in [6, 6.07) is 4.85. The number of aromatic nitrogens is 4. The molecule has 0 spiro atoms. The van der Waals surface area contributed by atoms with E-state index in [9.17, 15) is 63.9 Å². The van der Waals surface area contributed by atoms with Crippen LogP contribution in [0.4, 0.5) is 11.6 Å². The van der Waals surface area contributed by atoms with Gasteiger partial charge in [-0.2, -0.15) is 4.98 Å². The number of hydroxylamine groups is 6. The number of hydrogen-bond donors (Lipinski definition) is 11. The van der Waals surface area contributed by atoms with Crippen molar-refractivity contribution in [3.05, 3.63) is 52.1 Å². The Morgan fingerprint density at radius 2 is 1.17 bits per heavy atom. The Kier molecular flexibility index (Phi) is 25.2. The molecule has 0 saturated carbocycles. The molecular weight excluding hydrogens is 919 g/mol. The highest BCUT2D eigenvalue weighted by Gasteiger charge is 2.22. The molecule has 0 radical (unpaired) electrons. The first-order valence-electron chi connectivity index (χ1n) is 23.1. The average Bonchev–Trinajstić information content (AvgIpc) is 3.33. The Balaban J connectivity index is 1.17. The minimum Gasteiger partial charge on any atom is -0.480 e. The molecular formula is C44H65N13O13. The van der Waals surface area contributed by atoms with Crippen LogP contribution in [0.15, 0.2) is 35.3 Å². The van der Waals surface area contributed by atoms with Gasteiger partial charge in [0, 0.05) is 89.5 Å². The highest BCUT2D eigenvalue weighted by Crippen LogP contribution is 2.13. The highest BCUT2D eigenvalue weighted by atomic mass is 16.5. The molecule has 26 heteroatoms. The summed E-state index contributed by atoms with van der Waals surface area (Å²) >= 11 is 0. The highest BCUT2D eigenvalue weighted by molar-refractivity contribution is 5.97. The molecule has 3 aromatic rings. The Labute approximate surface area is 403 Å². The van der Waals surface area contributed by atoms with Crippen LogP contribution in [0.3, 0.4) is 0 Å². The molecule has 0 aliphatic heterocycles.